The first kappa shape index (κ1) is 17.2. The number of rotatable bonds is 5. The summed E-state index contributed by atoms with van der Waals surface area (Å²) in [5.41, 5.74) is 0.958. The quantitative estimate of drug-likeness (QED) is 0.794. The van der Waals surface area contributed by atoms with Gasteiger partial charge in [-0.1, -0.05) is 42.1 Å². The van der Waals surface area contributed by atoms with Crippen molar-refractivity contribution in [2.75, 3.05) is 19.7 Å². The van der Waals surface area contributed by atoms with Gasteiger partial charge in [-0.2, -0.15) is 0 Å². The molecule has 2 fully saturated rings. The van der Waals surface area contributed by atoms with Gasteiger partial charge in [0.05, 0.1) is 19.3 Å². The fraction of sp³-hybridized carbons (Fsp3) is 0.611. The number of hydrogen-bond acceptors (Lipinski definition) is 3. The second kappa shape index (κ2) is 7.98. The molecule has 0 radical (unpaired) electrons. The number of nitrogens with zero attached hydrogens (tertiary/aromatic N) is 1. The maximum Gasteiger partial charge on any atom is 0.148 e. The third-order valence-corrected chi connectivity index (χ3v) is 5.65. The summed E-state index contributed by atoms with van der Waals surface area (Å²) >= 11 is 12.4. The van der Waals surface area contributed by atoms with Gasteiger partial charge in [-0.3, -0.25) is 9.69 Å². The Morgan fingerprint density at radius 3 is 2.61 bits per heavy atom. The number of benzene rings is 1. The van der Waals surface area contributed by atoms with E-state index in [9.17, 15) is 4.79 Å². The summed E-state index contributed by atoms with van der Waals surface area (Å²) in [5.74, 6) is 0.358. The normalized spacial score (nSPS) is 25.9. The van der Waals surface area contributed by atoms with Crippen molar-refractivity contribution in [1.82, 2.24) is 4.90 Å². The van der Waals surface area contributed by atoms with Crippen LogP contribution in [0.3, 0.4) is 0 Å². The predicted molar refractivity (Wildman–Crippen MR) is 93.4 cm³/mol. The maximum atomic E-state index is 11.6. The van der Waals surface area contributed by atoms with Crippen LogP contribution in [-0.4, -0.2) is 42.5 Å². The SMILES string of the molecule is O=C1CCN(C2CCCCC2OCCc2c(Cl)cccc2Cl)C1. The molecule has 3 nitrogen and oxygen atoms in total. The molecule has 0 amide bonds. The van der Waals surface area contributed by atoms with Crippen molar-refractivity contribution < 1.29 is 9.53 Å². The molecule has 1 aromatic rings. The largest absolute Gasteiger partial charge is 0.376 e. The van der Waals surface area contributed by atoms with Crippen LogP contribution in [0.25, 0.3) is 0 Å². The van der Waals surface area contributed by atoms with Gasteiger partial charge < -0.3 is 4.74 Å². The van der Waals surface area contributed by atoms with Crippen LogP contribution < -0.4 is 0 Å². The molecule has 1 saturated carbocycles. The van der Waals surface area contributed by atoms with Crippen LogP contribution in [0, 0.1) is 0 Å². The van der Waals surface area contributed by atoms with Gasteiger partial charge in [-0.25, -0.2) is 0 Å². The van der Waals surface area contributed by atoms with E-state index in [-0.39, 0.29) is 6.10 Å². The van der Waals surface area contributed by atoms with Crippen LogP contribution in [0.5, 0.6) is 0 Å². The average Bonchev–Trinajstić information content (AvgIpc) is 2.97. The molecule has 2 aliphatic rings. The standard InChI is InChI=1S/C18H23Cl2NO2/c19-15-4-3-5-16(20)14(15)9-11-23-18-7-2-1-6-17(18)21-10-8-13(22)12-21/h3-5,17-18H,1-2,6-12H2. The summed E-state index contributed by atoms with van der Waals surface area (Å²) in [7, 11) is 0. The number of carbonyl (C=O) groups excluding carboxylic acids is 1. The molecule has 1 heterocycles. The van der Waals surface area contributed by atoms with Gasteiger partial charge in [0.15, 0.2) is 0 Å². The van der Waals surface area contributed by atoms with Crippen molar-refractivity contribution in [3.63, 3.8) is 0 Å². The molecule has 2 unspecified atom stereocenters. The zero-order valence-corrected chi connectivity index (χ0v) is 14.8. The molecule has 2 atom stereocenters. The topological polar surface area (TPSA) is 29.5 Å². The van der Waals surface area contributed by atoms with Gasteiger partial charge in [-0.05, 0) is 37.0 Å². The zero-order chi connectivity index (χ0) is 16.2. The molecular weight excluding hydrogens is 333 g/mol. The lowest BCUT2D eigenvalue weighted by Gasteiger charge is -2.37. The number of halogens is 2. The van der Waals surface area contributed by atoms with Crippen molar-refractivity contribution in [3.05, 3.63) is 33.8 Å². The summed E-state index contributed by atoms with van der Waals surface area (Å²) in [5, 5.41) is 1.40. The Labute approximate surface area is 147 Å². The van der Waals surface area contributed by atoms with Gasteiger partial charge in [0, 0.05) is 29.1 Å². The molecule has 1 aliphatic heterocycles. The number of ether oxygens (including phenoxy) is 1. The molecule has 0 bridgehead atoms. The molecule has 1 aromatic carbocycles. The van der Waals surface area contributed by atoms with Crippen LogP contribution in [0.15, 0.2) is 18.2 Å². The molecule has 0 N–H and O–H groups in total. The lowest BCUT2D eigenvalue weighted by atomic mass is 9.91. The highest BCUT2D eigenvalue weighted by molar-refractivity contribution is 6.35. The number of likely N-dealkylation sites (tertiary alicyclic amines) is 1. The monoisotopic (exact) mass is 355 g/mol. The first-order valence-corrected chi connectivity index (χ1v) is 9.21. The number of ketones is 1. The molecular formula is C18H23Cl2NO2. The lowest BCUT2D eigenvalue weighted by molar-refractivity contribution is -0.117. The van der Waals surface area contributed by atoms with E-state index in [2.05, 4.69) is 4.90 Å². The minimum atomic E-state index is 0.218. The highest BCUT2D eigenvalue weighted by Crippen LogP contribution is 2.29. The molecule has 0 aromatic heterocycles. The Balaban J connectivity index is 1.56. The van der Waals surface area contributed by atoms with Crippen LogP contribution in [0.2, 0.25) is 10.0 Å². The molecule has 126 valence electrons. The highest BCUT2D eigenvalue weighted by atomic mass is 35.5. The highest BCUT2D eigenvalue weighted by Gasteiger charge is 2.34. The second-order valence-corrected chi connectivity index (χ2v) is 7.28. The first-order chi connectivity index (χ1) is 11.1. The number of carbonyl (C=O) groups is 1. The summed E-state index contributed by atoms with van der Waals surface area (Å²) in [6.45, 7) is 2.10. The van der Waals surface area contributed by atoms with Gasteiger partial charge in [0.1, 0.15) is 5.78 Å². The van der Waals surface area contributed by atoms with Crippen molar-refractivity contribution in [1.29, 1.82) is 0 Å². The fourth-order valence-electron chi connectivity index (χ4n) is 3.71. The Kier molecular flexibility index (Phi) is 5.97. The zero-order valence-electron chi connectivity index (χ0n) is 13.3. The number of hydrogen-bond donors (Lipinski definition) is 0. The molecule has 23 heavy (non-hydrogen) atoms. The smallest absolute Gasteiger partial charge is 0.148 e. The van der Waals surface area contributed by atoms with E-state index < -0.39 is 0 Å². The van der Waals surface area contributed by atoms with Crippen molar-refractivity contribution >= 4 is 29.0 Å². The molecule has 3 rings (SSSR count). The van der Waals surface area contributed by atoms with Gasteiger partial charge in [0.25, 0.3) is 0 Å². The van der Waals surface area contributed by atoms with Crippen molar-refractivity contribution in [2.45, 2.75) is 50.7 Å². The third-order valence-electron chi connectivity index (χ3n) is 4.94. The van der Waals surface area contributed by atoms with Crippen LogP contribution in [0.4, 0.5) is 0 Å². The van der Waals surface area contributed by atoms with E-state index >= 15 is 0 Å². The lowest BCUT2D eigenvalue weighted by Crippen LogP contribution is -2.45. The van der Waals surface area contributed by atoms with E-state index in [0.717, 1.165) is 31.4 Å². The molecule has 5 heteroatoms. The van der Waals surface area contributed by atoms with E-state index in [1.807, 2.05) is 18.2 Å². The third kappa shape index (κ3) is 4.27. The van der Waals surface area contributed by atoms with Crippen LogP contribution in [-0.2, 0) is 16.0 Å². The minimum Gasteiger partial charge on any atom is -0.376 e. The Bertz CT molecular complexity index is 544. The van der Waals surface area contributed by atoms with E-state index in [1.54, 1.807) is 0 Å². The Morgan fingerprint density at radius 1 is 1.17 bits per heavy atom. The van der Waals surface area contributed by atoms with Crippen LogP contribution in [0.1, 0.15) is 37.7 Å². The van der Waals surface area contributed by atoms with Crippen molar-refractivity contribution in [3.8, 4) is 0 Å². The van der Waals surface area contributed by atoms with Gasteiger partial charge in [0.2, 0.25) is 0 Å². The maximum absolute atomic E-state index is 11.6. The predicted octanol–water partition coefficient (Wildman–Crippen LogP) is 4.14. The molecule has 0 spiro atoms. The fourth-order valence-corrected chi connectivity index (χ4v) is 4.30. The van der Waals surface area contributed by atoms with Gasteiger partial charge in [-0.15, -0.1) is 0 Å². The summed E-state index contributed by atoms with van der Waals surface area (Å²) in [6.07, 6.45) is 6.27. The minimum absolute atomic E-state index is 0.218. The second-order valence-electron chi connectivity index (χ2n) is 6.47. The van der Waals surface area contributed by atoms with E-state index in [1.165, 1.54) is 12.8 Å². The first-order valence-electron chi connectivity index (χ1n) is 8.45. The average molecular weight is 356 g/mol. The van der Waals surface area contributed by atoms with Crippen molar-refractivity contribution in [2.24, 2.45) is 0 Å². The molecule has 1 saturated heterocycles. The molecule has 1 aliphatic carbocycles. The summed E-state index contributed by atoms with van der Waals surface area (Å²) < 4.78 is 6.19. The van der Waals surface area contributed by atoms with E-state index in [4.69, 9.17) is 27.9 Å². The summed E-state index contributed by atoms with van der Waals surface area (Å²) in [4.78, 5) is 13.9. The van der Waals surface area contributed by atoms with E-state index in [0.29, 0.717) is 41.4 Å². The van der Waals surface area contributed by atoms with Gasteiger partial charge >= 0.3 is 0 Å². The Hall–Kier alpha value is -0.610. The summed E-state index contributed by atoms with van der Waals surface area (Å²) in [6, 6.07) is 5.97. The van der Waals surface area contributed by atoms with Crippen LogP contribution >= 0.6 is 23.2 Å². The Morgan fingerprint density at radius 2 is 1.91 bits per heavy atom. The number of Topliss-reactive ketones (excluding diaryl/α,β-unsaturated/α-hetero) is 1.